The number of aliphatic hydroxyl groups excluding tert-OH is 2. The second-order valence-corrected chi connectivity index (χ2v) is 4.05. The molecular weight excluding hydrogens is 166 g/mol. The Morgan fingerprint density at radius 3 is 1.85 bits per heavy atom. The molecule has 0 heterocycles. The molecule has 0 aromatic rings. The molecule has 0 rings (SSSR count). The molecule has 2 N–H and O–H groups in total. The van der Waals surface area contributed by atoms with E-state index in [1.165, 1.54) is 0 Å². The first kappa shape index (κ1) is 12.9. The minimum atomic E-state index is 0.154. The Labute approximate surface area is 81.4 Å². The van der Waals surface area contributed by atoms with Gasteiger partial charge < -0.3 is 10.2 Å². The van der Waals surface area contributed by atoms with Crippen LogP contribution < -0.4 is 0 Å². The van der Waals surface area contributed by atoms with Crippen LogP contribution in [0.2, 0.25) is 0 Å². The summed E-state index contributed by atoms with van der Waals surface area (Å²) in [5.74, 6) is 0.416. The third-order valence-corrected chi connectivity index (χ3v) is 2.40. The lowest BCUT2D eigenvalue weighted by Gasteiger charge is -2.35. The molecule has 0 fully saturated rings. The van der Waals surface area contributed by atoms with E-state index in [2.05, 4.69) is 32.6 Å². The first-order chi connectivity index (χ1) is 6.04. The molecule has 13 heavy (non-hydrogen) atoms. The summed E-state index contributed by atoms with van der Waals surface area (Å²) >= 11 is 0. The first-order valence-electron chi connectivity index (χ1n) is 5.02. The van der Waals surface area contributed by atoms with E-state index in [0.717, 1.165) is 0 Å². The fourth-order valence-electron chi connectivity index (χ4n) is 1.62. The SMILES string of the molecule is CC(C)C(CO)N(CCO)C(C)C. The van der Waals surface area contributed by atoms with Crippen LogP contribution >= 0.6 is 0 Å². The highest BCUT2D eigenvalue weighted by atomic mass is 16.3. The number of aliphatic hydroxyl groups is 2. The van der Waals surface area contributed by atoms with E-state index < -0.39 is 0 Å². The molecule has 3 heteroatoms. The topological polar surface area (TPSA) is 43.7 Å². The van der Waals surface area contributed by atoms with Crippen molar-refractivity contribution < 1.29 is 10.2 Å². The second kappa shape index (κ2) is 6.35. The van der Waals surface area contributed by atoms with Gasteiger partial charge in [-0.3, -0.25) is 4.90 Å². The summed E-state index contributed by atoms with van der Waals surface area (Å²) in [7, 11) is 0. The van der Waals surface area contributed by atoms with Crippen molar-refractivity contribution in [3.8, 4) is 0 Å². The zero-order valence-electron chi connectivity index (χ0n) is 9.20. The molecule has 1 unspecified atom stereocenters. The summed E-state index contributed by atoms with van der Waals surface area (Å²) in [4.78, 5) is 2.14. The van der Waals surface area contributed by atoms with Crippen LogP contribution in [-0.2, 0) is 0 Å². The van der Waals surface area contributed by atoms with E-state index in [1.54, 1.807) is 0 Å². The Kier molecular flexibility index (Phi) is 6.29. The first-order valence-corrected chi connectivity index (χ1v) is 5.02. The van der Waals surface area contributed by atoms with Gasteiger partial charge in [-0.15, -0.1) is 0 Å². The van der Waals surface area contributed by atoms with Crippen LogP contribution in [0.25, 0.3) is 0 Å². The molecule has 0 aromatic heterocycles. The summed E-state index contributed by atoms with van der Waals surface area (Å²) in [6.45, 7) is 9.31. The standard InChI is InChI=1S/C10H23NO2/c1-8(2)10(7-13)11(5-6-12)9(3)4/h8-10,12-13H,5-7H2,1-4H3. The van der Waals surface area contributed by atoms with Gasteiger partial charge in [-0.2, -0.15) is 0 Å². The van der Waals surface area contributed by atoms with Crippen LogP contribution in [0.3, 0.4) is 0 Å². The van der Waals surface area contributed by atoms with Crippen LogP contribution in [0.1, 0.15) is 27.7 Å². The van der Waals surface area contributed by atoms with Gasteiger partial charge in [0.2, 0.25) is 0 Å². The van der Waals surface area contributed by atoms with Gasteiger partial charge in [-0.05, 0) is 19.8 Å². The van der Waals surface area contributed by atoms with Gasteiger partial charge in [0.1, 0.15) is 0 Å². The van der Waals surface area contributed by atoms with Crippen molar-refractivity contribution in [3.05, 3.63) is 0 Å². The zero-order valence-corrected chi connectivity index (χ0v) is 9.20. The Hall–Kier alpha value is -0.120. The van der Waals surface area contributed by atoms with Crippen molar-refractivity contribution in [2.45, 2.75) is 39.8 Å². The van der Waals surface area contributed by atoms with Gasteiger partial charge in [0.05, 0.1) is 13.2 Å². The molecule has 0 bridgehead atoms. The molecule has 0 saturated carbocycles. The number of rotatable bonds is 6. The monoisotopic (exact) mass is 189 g/mol. The average Bonchev–Trinajstić information content (AvgIpc) is 2.03. The minimum Gasteiger partial charge on any atom is -0.395 e. The van der Waals surface area contributed by atoms with Crippen molar-refractivity contribution in [2.24, 2.45) is 5.92 Å². The van der Waals surface area contributed by atoms with E-state index in [-0.39, 0.29) is 19.3 Å². The number of nitrogens with zero attached hydrogens (tertiary/aromatic N) is 1. The fourth-order valence-corrected chi connectivity index (χ4v) is 1.62. The van der Waals surface area contributed by atoms with Crippen molar-refractivity contribution in [3.63, 3.8) is 0 Å². The van der Waals surface area contributed by atoms with Gasteiger partial charge in [0.15, 0.2) is 0 Å². The highest BCUT2D eigenvalue weighted by molar-refractivity contribution is 4.76. The molecular formula is C10H23NO2. The van der Waals surface area contributed by atoms with E-state index in [0.29, 0.717) is 18.5 Å². The Morgan fingerprint density at radius 1 is 1.08 bits per heavy atom. The number of hydrogen-bond acceptors (Lipinski definition) is 3. The van der Waals surface area contributed by atoms with Gasteiger partial charge in [0, 0.05) is 18.6 Å². The Bertz CT molecular complexity index is 126. The lowest BCUT2D eigenvalue weighted by molar-refractivity contribution is 0.0517. The van der Waals surface area contributed by atoms with Crippen LogP contribution in [-0.4, -0.2) is 47.0 Å². The van der Waals surface area contributed by atoms with Gasteiger partial charge in [0.25, 0.3) is 0 Å². The lowest BCUT2D eigenvalue weighted by Crippen LogP contribution is -2.47. The molecule has 80 valence electrons. The maximum atomic E-state index is 9.22. The molecule has 0 saturated heterocycles. The van der Waals surface area contributed by atoms with Crippen molar-refractivity contribution in [1.82, 2.24) is 4.90 Å². The predicted octanol–water partition coefficient (Wildman–Crippen LogP) is 0.706. The maximum Gasteiger partial charge on any atom is 0.0589 e. The largest absolute Gasteiger partial charge is 0.395 e. The van der Waals surface area contributed by atoms with Crippen molar-refractivity contribution in [2.75, 3.05) is 19.8 Å². The van der Waals surface area contributed by atoms with Crippen LogP contribution in [0.15, 0.2) is 0 Å². The van der Waals surface area contributed by atoms with Gasteiger partial charge in [-0.1, -0.05) is 13.8 Å². The normalized spacial score (nSPS) is 14.5. The van der Waals surface area contributed by atoms with Gasteiger partial charge >= 0.3 is 0 Å². The van der Waals surface area contributed by atoms with Crippen molar-refractivity contribution >= 4 is 0 Å². The Morgan fingerprint density at radius 2 is 1.62 bits per heavy atom. The fraction of sp³-hybridized carbons (Fsp3) is 1.00. The third kappa shape index (κ3) is 4.07. The molecule has 0 radical (unpaired) electrons. The summed E-state index contributed by atoms with van der Waals surface area (Å²) < 4.78 is 0. The molecule has 0 amide bonds. The zero-order chi connectivity index (χ0) is 10.4. The van der Waals surface area contributed by atoms with Crippen LogP contribution in [0.4, 0.5) is 0 Å². The smallest absolute Gasteiger partial charge is 0.0589 e. The highest BCUT2D eigenvalue weighted by Crippen LogP contribution is 2.13. The van der Waals surface area contributed by atoms with E-state index in [1.807, 2.05) is 0 Å². The van der Waals surface area contributed by atoms with E-state index in [4.69, 9.17) is 5.11 Å². The molecule has 0 spiro atoms. The quantitative estimate of drug-likeness (QED) is 0.646. The third-order valence-electron chi connectivity index (χ3n) is 2.40. The molecule has 0 aliphatic carbocycles. The molecule has 1 atom stereocenters. The highest BCUT2D eigenvalue weighted by Gasteiger charge is 2.22. The summed E-state index contributed by atoms with van der Waals surface area (Å²) in [6, 6.07) is 0.527. The average molecular weight is 189 g/mol. The van der Waals surface area contributed by atoms with Crippen LogP contribution in [0, 0.1) is 5.92 Å². The Balaban J connectivity index is 4.29. The molecule has 0 aliphatic heterocycles. The molecule has 0 aromatic carbocycles. The van der Waals surface area contributed by atoms with Crippen LogP contribution in [0.5, 0.6) is 0 Å². The van der Waals surface area contributed by atoms with E-state index in [9.17, 15) is 5.11 Å². The van der Waals surface area contributed by atoms with Crippen molar-refractivity contribution in [1.29, 1.82) is 0 Å². The molecule has 0 aliphatic rings. The predicted molar refractivity (Wildman–Crippen MR) is 54.6 cm³/mol. The summed E-state index contributed by atoms with van der Waals surface area (Å²) in [5, 5.41) is 18.1. The lowest BCUT2D eigenvalue weighted by atomic mass is 10.0. The number of hydrogen-bond donors (Lipinski definition) is 2. The maximum absolute atomic E-state index is 9.22. The van der Waals surface area contributed by atoms with E-state index >= 15 is 0 Å². The molecule has 3 nitrogen and oxygen atoms in total. The summed E-state index contributed by atoms with van der Waals surface area (Å²) in [6.07, 6.45) is 0. The van der Waals surface area contributed by atoms with Gasteiger partial charge in [-0.25, -0.2) is 0 Å². The summed E-state index contributed by atoms with van der Waals surface area (Å²) in [5.41, 5.74) is 0. The second-order valence-electron chi connectivity index (χ2n) is 4.05. The minimum absolute atomic E-state index is 0.154.